The van der Waals surface area contributed by atoms with Gasteiger partial charge in [-0.1, -0.05) is 6.92 Å². The van der Waals surface area contributed by atoms with E-state index in [-0.39, 0.29) is 5.38 Å². The van der Waals surface area contributed by atoms with E-state index in [1.165, 1.54) is 0 Å². The van der Waals surface area contributed by atoms with Gasteiger partial charge in [-0.2, -0.15) is 0 Å². The van der Waals surface area contributed by atoms with Crippen LogP contribution >= 0.6 is 11.6 Å². The Morgan fingerprint density at radius 2 is 1.85 bits per heavy atom. The number of hydrogen-bond donors (Lipinski definition) is 0. The van der Waals surface area contributed by atoms with Crippen LogP contribution in [0.5, 0.6) is 0 Å². The summed E-state index contributed by atoms with van der Waals surface area (Å²) in [5, 5.41) is 0.238. The Labute approximate surface area is 86.6 Å². The predicted molar refractivity (Wildman–Crippen MR) is 56.4 cm³/mol. The third-order valence-corrected chi connectivity index (χ3v) is 2.57. The van der Waals surface area contributed by atoms with Crippen LogP contribution in [0.3, 0.4) is 0 Å². The average molecular weight is 209 g/mol. The van der Waals surface area contributed by atoms with E-state index in [4.69, 9.17) is 21.1 Å². The second kappa shape index (κ2) is 8.79. The van der Waals surface area contributed by atoms with Gasteiger partial charge in [0, 0.05) is 32.3 Å². The Kier molecular flexibility index (Phi) is 8.93. The van der Waals surface area contributed by atoms with Gasteiger partial charge in [-0.3, -0.25) is 0 Å². The molecule has 0 N–H and O–H groups in total. The van der Waals surface area contributed by atoms with Crippen molar-refractivity contribution in [2.45, 2.75) is 32.1 Å². The first kappa shape index (κ1) is 13.2. The van der Waals surface area contributed by atoms with Crippen LogP contribution in [0.15, 0.2) is 0 Å². The predicted octanol–water partition coefficient (Wildman–Crippen LogP) is 2.69. The standard InChI is InChI=1S/C10H21ClO2/c1-9(10(2)11)5-8-13-7-4-6-12-3/h9-10H,4-8H2,1-3H3. The molecule has 0 heterocycles. The van der Waals surface area contributed by atoms with Crippen molar-refractivity contribution in [3.63, 3.8) is 0 Å². The molecule has 13 heavy (non-hydrogen) atoms. The average Bonchev–Trinajstić information content (AvgIpc) is 2.10. The molecule has 0 saturated heterocycles. The molecule has 0 amide bonds. The summed E-state index contributed by atoms with van der Waals surface area (Å²) in [7, 11) is 1.71. The van der Waals surface area contributed by atoms with E-state index in [1.807, 2.05) is 6.92 Å². The van der Waals surface area contributed by atoms with E-state index in [0.29, 0.717) is 5.92 Å². The van der Waals surface area contributed by atoms with Crippen molar-refractivity contribution >= 4 is 11.6 Å². The maximum Gasteiger partial charge on any atom is 0.0487 e. The second-order valence-electron chi connectivity index (χ2n) is 3.40. The van der Waals surface area contributed by atoms with Crippen molar-refractivity contribution in [3.8, 4) is 0 Å². The zero-order valence-corrected chi connectivity index (χ0v) is 9.64. The van der Waals surface area contributed by atoms with Crippen LogP contribution in [-0.2, 0) is 9.47 Å². The maximum absolute atomic E-state index is 5.92. The van der Waals surface area contributed by atoms with Gasteiger partial charge in [0.2, 0.25) is 0 Å². The lowest BCUT2D eigenvalue weighted by molar-refractivity contribution is 0.0949. The van der Waals surface area contributed by atoms with Crippen LogP contribution in [0.25, 0.3) is 0 Å². The van der Waals surface area contributed by atoms with Crippen molar-refractivity contribution in [2.75, 3.05) is 26.9 Å². The smallest absolute Gasteiger partial charge is 0.0487 e. The normalized spacial score (nSPS) is 15.7. The molecular formula is C10H21ClO2. The molecule has 80 valence electrons. The van der Waals surface area contributed by atoms with Crippen LogP contribution in [-0.4, -0.2) is 32.3 Å². The van der Waals surface area contributed by atoms with Crippen molar-refractivity contribution in [1.29, 1.82) is 0 Å². The summed E-state index contributed by atoms with van der Waals surface area (Å²) in [6, 6.07) is 0. The summed E-state index contributed by atoms with van der Waals surface area (Å²) >= 11 is 5.92. The maximum atomic E-state index is 5.92. The molecule has 0 radical (unpaired) electrons. The van der Waals surface area contributed by atoms with E-state index >= 15 is 0 Å². The lowest BCUT2D eigenvalue weighted by Crippen LogP contribution is -2.11. The van der Waals surface area contributed by atoms with Crippen LogP contribution in [0.4, 0.5) is 0 Å². The third-order valence-electron chi connectivity index (χ3n) is 2.14. The van der Waals surface area contributed by atoms with Crippen molar-refractivity contribution in [1.82, 2.24) is 0 Å². The Bertz CT molecular complexity index is 107. The van der Waals surface area contributed by atoms with Gasteiger partial charge in [0.15, 0.2) is 0 Å². The first-order valence-electron chi connectivity index (χ1n) is 4.89. The summed E-state index contributed by atoms with van der Waals surface area (Å²) < 4.78 is 10.3. The van der Waals surface area contributed by atoms with Crippen molar-refractivity contribution in [2.24, 2.45) is 5.92 Å². The van der Waals surface area contributed by atoms with Gasteiger partial charge in [-0.15, -0.1) is 11.6 Å². The Hall–Kier alpha value is 0.210. The molecule has 0 aromatic heterocycles. The Morgan fingerprint density at radius 1 is 1.15 bits per heavy atom. The van der Waals surface area contributed by atoms with E-state index in [1.54, 1.807) is 7.11 Å². The summed E-state index contributed by atoms with van der Waals surface area (Å²) in [4.78, 5) is 0. The quantitative estimate of drug-likeness (QED) is 0.451. The molecule has 0 saturated carbocycles. The van der Waals surface area contributed by atoms with Gasteiger partial charge < -0.3 is 9.47 Å². The molecule has 2 unspecified atom stereocenters. The Balaban J connectivity index is 3.07. The summed E-state index contributed by atoms with van der Waals surface area (Å²) in [6.07, 6.45) is 2.01. The van der Waals surface area contributed by atoms with E-state index < -0.39 is 0 Å². The molecule has 0 rings (SSSR count). The largest absolute Gasteiger partial charge is 0.385 e. The SMILES string of the molecule is COCCCOCCC(C)C(C)Cl. The molecule has 0 aliphatic rings. The fraction of sp³-hybridized carbons (Fsp3) is 1.00. The van der Waals surface area contributed by atoms with Crippen molar-refractivity contribution in [3.05, 3.63) is 0 Å². The molecule has 0 fully saturated rings. The van der Waals surface area contributed by atoms with Gasteiger partial charge in [-0.25, -0.2) is 0 Å². The monoisotopic (exact) mass is 208 g/mol. The van der Waals surface area contributed by atoms with Gasteiger partial charge in [0.25, 0.3) is 0 Å². The first-order chi connectivity index (χ1) is 6.18. The van der Waals surface area contributed by atoms with Crippen LogP contribution in [0, 0.1) is 5.92 Å². The summed E-state index contributed by atoms with van der Waals surface area (Å²) in [5.74, 6) is 0.532. The molecule has 0 spiro atoms. The zero-order valence-electron chi connectivity index (χ0n) is 8.88. The van der Waals surface area contributed by atoms with Gasteiger partial charge >= 0.3 is 0 Å². The fourth-order valence-corrected chi connectivity index (χ4v) is 1.03. The molecule has 0 aliphatic heterocycles. The van der Waals surface area contributed by atoms with Gasteiger partial charge in [0.1, 0.15) is 0 Å². The molecule has 2 nitrogen and oxygen atoms in total. The van der Waals surface area contributed by atoms with Crippen LogP contribution < -0.4 is 0 Å². The highest BCUT2D eigenvalue weighted by molar-refractivity contribution is 6.20. The number of ether oxygens (including phenoxy) is 2. The molecule has 0 aliphatic carbocycles. The minimum atomic E-state index is 0.238. The van der Waals surface area contributed by atoms with E-state index in [2.05, 4.69) is 6.92 Å². The zero-order chi connectivity index (χ0) is 10.1. The molecule has 2 atom stereocenters. The Morgan fingerprint density at radius 3 is 2.38 bits per heavy atom. The number of rotatable bonds is 8. The number of methoxy groups -OCH3 is 1. The van der Waals surface area contributed by atoms with E-state index in [9.17, 15) is 0 Å². The highest BCUT2D eigenvalue weighted by Gasteiger charge is 2.07. The van der Waals surface area contributed by atoms with Crippen LogP contribution in [0.1, 0.15) is 26.7 Å². The topological polar surface area (TPSA) is 18.5 Å². The molecule has 0 bridgehead atoms. The highest BCUT2D eigenvalue weighted by Crippen LogP contribution is 2.13. The number of alkyl halides is 1. The van der Waals surface area contributed by atoms with Crippen molar-refractivity contribution < 1.29 is 9.47 Å². The molecule has 0 aromatic carbocycles. The molecular weight excluding hydrogens is 188 g/mol. The summed E-state index contributed by atoms with van der Waals surface area (Å²) in [6.45, 7) is 6.55. The van der Waals surface area contributed by atoms with Crippen LogP contribution in [0.2, 0.25) is 0 Å². The van der Waals surface area contributed by atoms with Gasteiger partial charge in [0.05, 0.1) is 0 Å². The third kappa shape index (κ3) is 8.54. The minimum Gasteiger partial charge on any atom is -0.385 e. The number of hydrogen-bond acceptors (Lipinski definition) is 2. The van der Waals surface area contributed by atoms with Gasteiger partial charge in [-0.05, 0) is 25.7 Å². The fourth-order valence-electron chi connectivity index (χ4n) is 0.906. The van der Waals surface area contributed by atoms with E-state index in [0.717, 1.165) is 32.7 Å². The summed E-state index contributed by atoms with van der Waals surface area (Å²) in [5.41, 5.74) is 0. The minimum absolute atomic E-state index is 0.238. The lowest BCUT2D eigenvalue weighted by Gasteiger charge is -2.13. The molecule has 3 heteroatoms. The first-order valence-corrected chi connectivity index (χ1v) is 5.33. The lowest BCUT2D eigenvalue weighted by atomic mass is 10.1. The second-order valence-corrected chi connectivity index (χ2v) is 4.09. The molecule has 0 aromatic rings. The highest BCUT2D eigenvalue weighted by atomic mass is 35.5. The number of halogens is 1.